The Kier molecular flexibility index (Phi) is 3.26. The SMILES string of the molecule is O=C(NC1CCCC1)c1c(O)cc(F)cc1F. The Labute approximate surface area is 97.5 Å². The molecular formula is C12H13F2NO2. The summed E-state index contributed by atoms with van der Waals surface area (Å²) in [7, 11) is 0. The molecule has 3 nitrogen and oxygen atoms in total. The highest BCUT2D eigenvalue weighted by molar-refractivity contribution is 5.97. The van der Waals surface area contributed by atoms with Crippen molar-refractivity contribution in [2.45, 2.75) is 31.7 Å². The van der Waals surface area contributed by atoms with Gasteiger partial charge in [-0.3, -0.25) is 4.79 Å². The van der Waals surface area contributed by atoms with E-state index < -0.39 is 28.9 Å². The summed E-state index contributed by atoms with van der Waals surface area (Å²) >= 11 is 0. The second-order valence-electron chi connectivity index (χ2n) is 4.24. The van der Waals surface area contributed by atoms with Crippen molar-refractivity contribution in [3.8, 4) is 5.75 Å². The second kappa shape index (κ2) is 4.69. The van der Waals surface area contributed by atoms with Crippen molar-refractivity contribution in [3.05, 3.63) is 29.3 Å². The van der Waals surface area contributed by atoms with Crippen LogP contribution in [0.1, 0.15) is 36.0 Å². The maximum absolute atomic E-state index is 13.4. The summed E-state index contributed by atoms with van der Waals surface area (Å²) in [6, 6.07) is 1.34. The first-order valence-corrected chi connectivity index (χ1v) is 5.57. The zero-order chi connectivity index (χ0) is 12.4. The number of halogens is 2. The van der Waals surface area contributed by atoms with Gasteiger partial charge in [0.2, 0.25) is 0 Å². The lowest BCUT2D eigenvalue weighted by atomic mass is 10.1. The van der Waals surface area contributed by atoms with Crippen LogP contribution < -0.4 is 5.32 Å². The molecule has 0 aliphatic heterocycles. The number of hydrogen-bond acceptors (Lipinski definition) is 2. The molecule has 1 aliphatic carbocycles. The zero-order valence-electron chi connectivity index (χ0n) is 9.17. The summed E-state index contributed by atoms with van der Waals surface area (Å²) in [6.07, 6.45) is 3.77. The van der Waals surface area contributed by atoms with E-state index in [1.807, 2.05) is 0 Å². The highest BCUT2D eigenvalue weighted by Gasteiger charge is 2.22. The lowest BCUT2D eigenvalue weighted by Crippen LogP contribution is -2.33. The molecule has 1 fully saturated rings. The van der Waals surface area contributed by atoms with Crippen molar-refractivity contribution in [2.24, 2.45) is 0 Å². The molecule has 1 aromatic carbocycles. The molecule has 92 valence electrons. The Morgan fingerprint density at radius 1 is 1.29 bits per heavy atom. The van der Waals surface area contributed by atoms with E-state index >= 15 is 0 Å². The van der Waals surface area contributed by atoms with E-state index in [1.54, 1.807) is 0 Å². The Morgan fingerprint density at radius 2 is 1.94 bits per heavy atom. The number of benzene rings is 1. The first-order valence-electron chi connectivity index (χ1n) is 5.57. The van der Waals surface area contributed by atoms with Gasteiger partial charge in [0.15, 0.2) is 0 Å². The molecule has 5 heteroatoms. The lowest BCUT2D eigenvalue weighted by Gasteiger charge is -2.13. The van der Waals surface area contributed by atoms with Gasteiger partial charge < -0.3 is 10.4 Å². The van der Waals surface area contributed by atoms with E-state index in [1.165, 1.54) is 0 Å². The van der Waals surface area contributed by atoms with Gasteiger partial charge >= 0.3 is 0 Å². The van der Waals surface area contributed by atoms with Crippen molar-refractivity contribution in [3.63, 3.8) is 0 Å². The summed E-state index contributed by atoms with van der Waals surface area (Å²) in [4.78, 5) is 11.7. The average molecular weight is 241 g/mol. The van der Waals surface area contributed by atoms with Crippen LogP contribution in [0.2, 0.25) is 0 Å². The predicted molar refractivity (Wildman–Crippen MR) is 57.7 cm³/mol. The Hall–Kier alpha value is -1.65. The van der Waals surface area contributed by atoms with Crippen LogP contribution >= 0.6 is 0 Å². The van der Waals surface area contributed by atoms with E-state index in [0.29, 0.717) is 6.07 Å². The molecule has 1 aromatic rings. The molecule has 1 amide bonds. The average Bonchev–Trinajstić information content (AvgIpc) is 2.68. The highest BCUT2D eigenvalue weighted by Crippen LogP contribution is 2.23. The van der Waals surface area contributed by atoms with Crippen LogP contribution in [-0.4, -0.2) is 17.1 Å². The summed E-state index contributed by atoms with van der Waals surface area (Å²) in [5, 5.41) is 12.0. The molecule has 0 unspecified atom stereocenters. The highest BCUT2D eigenvalue weighted by atomic mass is 19.1. The number of rotatable bonds is 2. The molecule has 1 saturated carbocycles. The van der Waals surface area contributed by atoms with Crippen molar-refractivity contribution >= 4 is 5.91 Å². The third-order valence-corrected chi connectivity index (χ3v) is 2.95. The fourth-order valence-electron chi connectivity index (χ4n) is 2.11. The Bertz CT molecular complexity index is 419. The molecule has 0 radical (unpaired) electrons. The second-order valence-corrected chi connectivity index (χ2v) is 4.24. The van der Waals surface area contributed by atoms with Crippen molar-refractivity contribution in [1.82, 2.24) is 5.32 Å². The van der Waals surface area contributed by atoms with Gasteiger partial charge in [0.1, 0.15) is 22.9 Å². The standard InChI is InChI=1S/C12H13F2NO2/c13-7-5-9(14)11(10(16)6-7)12(17)15-8-3-1-2-4-8/h5-6,8,16H,1-4H2,(H,15,17). The van der Waals surface area contributed by atoms with Gasteiger partial charge in [-0.05, 0) is 12.8 Å². The fraction of sp³-hybridized carbons (Fsp3) is 0.417. The smallest absolute Gasteiger partial charge is 0.258 e. The Morgan fingerprint density at radius 3 is 2.53 bits per heavy atom. The predicted octanol–water partition coefficient (Wildman–Crippen LogP) is 2.34. The molecule has 0 atom stereocenters. The summed E-state index contributed by atoms with van der Waals surface area (Å²) in [6.45, 7) is 0. The monoisotopic (exact) mass is 241 g/mol. The molecule has 0 saturated heterocycles. The molecule has 17 heavy (non-hydrogen) atoms. The first-order chi connectivity index (χ1) is 8.08. The van der Waals surface area contributed by atoms with Crippen molar-refractivity contribution in [2.75, 3.05) is 0 Å². The van der Waals surface area contributed by atoms with Crippen LogP contribution in [-0.2, 0) is 0 Å². The summed E-state index contributed by atoms with van der Waals surface area (Å²) in [5.41, 5.74) is -0.488. The molecule has 1 aliphatic rings. The lowest BCUT2D eigenvalue weighted by molar-refractivity contribution is 0.0930. The number of amides is 1. The fourth-order valence-corrected chi connectivity index (χ4v) is 2.11. The van der Waals surface area contributed by atoms with E-state index in [2.05, 4.69) is 5.32 Å². The Balaban J connectivity index is 2.18. The van der Waals surface area contributed by atoms with Crippen molar-refractivity contribution < 1.29 is 18.7 Å². The van der Waals surface area contributed by atoms with Crippen LogP contribution in [0.25, 0.3) is 0 Å². The molecule has 0 spiro atoms. The molecule has 2 N–H and O–H groups in total. The van der Waals surface area contributed by atoms with Gasteiger partial charge in [-0.25, -0.2) is 8.78 Å². The zero-order valence-corrected chi connectivity index (χ0v) is 9.17. The van der Waals surface area contributed by atoms with Crippen LogP contribution in [0.15, 0.2) is 12.1 Å². The van der Waals surface area contributed by atoms with Crippen molar-refractivity contribution in [1.29, 1.82) is 0 Å². The molecule has 0 aromatic heterocycles. The maximum Gasteiger partial charge on any atom is 0.258 e. The van der Waals surface area contributed by atoms with Gasteiger partial charge in [-0.2, -0.15) is 0 Å². The van der Waals surface area contributed by atoms with Crippen LogP contribution in [0.5, 0.6) is 5.75 Å². The van der Waals surface area contributed by atoms with E-state index in [0.717, 1.165) is 31.7 Å². The van der Waals surface area contributed by atoms with Gasteiger partial charge in [-0.1, -0.05) is 12.8 Å². The van der Waals surface area contributed by atoms with Gasteiger partial charge in [0, 0.05) is 18.2 Å². The van der Waals surface area contributed by atoms with Gasteiger partial charge in [0.25, 0.3) is 5.91 Å². The van der Waals surface area contributed by atoms with Crippen LogP contribution in [0, 0.1) is 11.6 Å². The normalized spacial score (nSPS) is 16.1. The number of phenolic OH excluding ortho intramolecular Hbond substituents is 1. The first kappa shape index (κ1) is 11.8. The number of phenols is 1. The quantitative estimate of drug-likeness (QED) is 0.835. The summed E-state index contributed by atoms with van der Waals surface area (Å²) in [5.74, 6) is -3.31. The minimum absolute atomic E-state index is 0.0198. The van der Waals surface area contributed by atoms with Gasteiger partial charge in [-0.15, -0.1) is 0 Å². The minimum atomic E-state index is -1.04. The number of carbonyl (C=O) groups is 1. The molecular weight excluding hydrogens is 228 g/mol. The molecule has 2 rings (SSSR count). The molecule has 0 bridgehead atoms. The third kappa shape index (κ3) is 2.54. The number of aromatic hydroxyl groups is 1. The maximum atomic E-state index is 13.4. The topological polar surface area (TPSA) is 49.3 Å². The van der Waals surface area contributed by atoms with Crippen LogP contribution in [0.3, 0.4) is 0 Å². The summed E-state index contributed by atoms with van der Waals surface area (Å²) < 4.78 is 26.1. The number of hydrogen-bond donors (Lipinski definition) is 2. The molecule has 0 heterocycles. The number of nitrogens with one attached hydrogen (secondary N) is 1. The van der Waals surface area contributed by atoms with Gasteiger partial charge in [0.05, 0.1) is 0 Å². The largest absolute Gasteiger partial charge is 0.507 e. The minimum Gasteiger partial charge on any atom is -0.507 e. The number of carbonyl (C=O) groups excluding carboxylic acids is 1. The van der Waals surface area contributed by atoms with E-state index in [4.69, 9.17) is 0 Å². The van der Waals surface area contributed by atoms with Crippen LogP contribution in [0.4, 0.5) is 8.78 Å². The van der Waals surface area contributed by atoms with E-state index in [9.17, 15) is 18.7 Å². The van der Waals surface area contributed by atoms with E-state index in [-0.39, 0.29) is 6.04 Å². The third-order valence-electron chi connectivity index (χ3n) is 2.95.